The number of piperazine rings is 1. The molecule has 7 heteroatoms. The molecule has 0 bridgehead atoms. The van der Waals surface area contributed by atoms with E-state index in [2.05, 4.69) is 40.6 Å². The first-order chi connectivity index (χ1) is 12.0. The SMILES string of the molecule is CC(C(=O)Nc1ccccc1Br)N1CCN(Cc2nccn2C)CC1. The highest BCUT2D eigenvalue weighted by atomic mass is 79.9. The third-order valence-corrected chi connectivity index (χ3v) is 5.44. The van der Waals surface area contributed by atoms with Gasteiger partial charge in [0.1, 0.15) is 5.82 Å². The molecule has 6 nitrogen and oxygen atoms in total. The number of nitrogens with one attached hydrogen (secondary N) is 1. The average Bonchev–Trinajstić information content (AvgIpc) is 3.02. The van der Waals surface area contributed by atoms with Gasteiger partial charge in [-0.05, 0) is 35.0 Å². The van der Waals surface area contributed by atoms with Crippen LogP contribution in [-0.4, -0.2) is 57.5 Å². The minimum absolute atomic E-state index is 0.0319. The summed E-state index contributed by atoms with van der Waals surface area (Å²) in [5, 5.41) is 3.01. The lowest BCUT2D eigenvalue weighted by molar-refractivity contribution is -0.121. The molecule has 1 fully saturated rings. The smallest absolute Gasteiger partial charge is 0.241 e. The van der Waals surface area contributed by atoms with Crippen molar-refractivity contribution in [2.45, 2.75) is 19.5 Å². The standard InChI is InChI=1S/C18H24BrN5O/c1-14(18(25)21-16-6-4-3-5-15(16)19)24-11-9-23(10-12-24)13-17-20-7-8-22(17)2/h3-8,14H,9-13H2,1-2H3,(H,21,25). The average molecular weight is 406 g/mol. The quantitative estimate of drug-likeness (QED) is 0.828. The van der Waals surface area contributed by atoms with Crippen LogP contribution in [0, 0.1) is 0 Å². The molecular formula is C18H24BrN5O. The van der Waals surface area contributed by atoms with E-state index in [1.54, 1.807) is 0 Å². The molecule has 2 aromatic rings. The predicted octanol–water partition coefficient (Wildman–Crippen LogP) is 2.33. The Kier molecular flexibility index (Phi) is 5.88. The number of amides is 1. The van der Waals surface area contributed by atoms with Gasteiger partial charge >= 0.3 is 0 Å². The number of halogens is 1. The number of carbonyl (C=O) groups is 1. The normalized spacial score (nSPS) is 17.4. The Bertz CT molecular complexity index is 724. The number of hydrogen-bond acceptors (Lipinski definition) is 4. The van der Waals surface area contributed by atoms with Gasteiger partial charge in [0.15, 0.2) is 0 Å². The molecule has 1 saturated heterocycles. The van der Waals surface area contributed by atoms with Crippen molar-refractivity contribution < 1.29 is 4.79 Å². The van der Waals surface area contributed by atoms with Gasteiger partial charge in [0, 0.05) is 50.1 Å². The summed E-state index contributed by atoms with van der Waals surface area (Å²) < 4.78 is 2.95. The summed E-state index contributed by atoms with van der Waals surface area (Å²) in [7, 11) is 2.02. The molecule has 1 unspecified atom stereocenters. The summed E-state index contributed by atoms with van der Waals surface area (Å²) >= 11 is 3.47. The van der Waals surface area contributed by atoms with Gasteiger partial charge in [0.25, 0.3) is 0 Å². The van der Waals surface area contributed by atoms with Crippen molar-refractivity contribution in [2.75, 3.05) is 31.5 Å². The zero-order valence-corrected chi connectivity index (χ0v) is 16.2. The molecular weight excluding hydrogens is 382 g/mol. The van der Waals surface area contributed by atoms with Crippen LogP contribution in [0.3, 0.4) is 0 Å². The minimum Gasteiger partial charge on any atom is -0.337 e. The van der Waals surface area contributed by atoms with Gasteiger partial charge in [-0.1, -0.05) is 12.1 Å². The van der Waals surface area contributed by atoms with Gasteiger partial charge in [-0.25, -0.2) is 4.98 Å². The largest absolute Gasteiger partial charge is 0.337 e. The summed E-state index contributed by atoms with van der Waals surface area (Å²) in [5.41, 5.74) is 0.813. The molecule has 0 radical (unpaired) electrons. The zero-order chi connectivity index (χ0) is 17.8. The summed E-state index contributed by atoms with van der Waals surface area (Å²) in [5.74, 6) is 1.11. The van der Waals surface area contributed by atoms with Crippen molar-refractivity contribution in [3.8, 4) is 0 Å². The van der Waals surface area contributed by atoms with E-state index in [0.717, 1.165) is 48.7 Å². The second-order valence-electron chi connectivity index (χ2n) is 6.41. The zero-order valence-electron chi connectivity index (χ0n) is 14.7. The third-order valence-electron chi connectivity index (χ3n) is 4.75. The van der Waals surface area contributed by atoms with Crippen LogP contribution in [0.4, 0.5) is 5.69 Å². The summed E-state index contributed by atoms with van der Waals surface area (Å²) in [6, 6.07) is 7.53. The van der Waals surface area contributed by atoms with Crippen LogP contribution in [0.5, 0.6) is 0 Å². The minimum atomic E-state index is -0.151. The van der Waals surface area contributed by atoms with E-state index in [-0.39, 0.29) is 11.9 Å². The second kappa shape index (κ2) is 8.12. The van der Waals surface area contributed by atoms with E-state index in [4.69, 9.17) is 0 Å². The summed E-state index contributed by atoms with van der Waals surface area (Å²) in [6.45, 7) is 6.48. The molecule has 1 aromatic heterocycles. The van der Waals surface area contributed by atoms with Crippen LogP contribution in [0.1, 0.15) is 12.7 Å². The van der Waals surface area contributed by atoms with Crippen molar-refractivity contribution in [2.24, 2.45) is 7.05 Å². The monoisotopic (exact) mass is 405 g/mol. The number of imidazole rings is 1. The molecule has 1 aliphatic rings. The van der Waals surface area contributed by atoms with E-state index < -0.39 is 0 Å². The Hall–Kier alpha value is -1.70. The molecule has 134 valence electrons. The number of para-hydroxylation sites is 1. The molecule has 1 atom stereocenters. The van der Waals surface area contributed by atoms with Crippen LogP contribution in [0.15, 0.2) is 41.1 Å². The lowest BCUT2D eigenvalue weighted by Crippen LogP contribution is -2.52. The first-order valence-corrected chi connectivity index (χ1v) is 9.32. The molecule has 0 saturated carbocycles. The van der Waals surface area contributed by atoms with Crippen molar-refractivity contribution in [1.29, 1.82) is 0 Å². The number of anilines is 1. The molecule has 25 heavy (non-hydrogen) atoms. The Morgan fingerprint density at radius 3 is 2.64 bits per heavy atom. The van der Waals surface area contributed by atoms with Crippen LogP contribution in [0.25, 0.3) is 0 Å². The highest BCUT2D eigenvalue weighted by molar-refractivity contribution is 9.10. The van der Waals surface area contributed by atoms with E-state index in [1.807, 2.05) is 50.6 Å². The molecule has 3 rings (SSSR count). The van der Waals surface area contributed by atoms with Gasteiger partial charge in [0.05, 0.1) is 18.3 Å². The lowest BCUT2D eigenvalue weighted by atomic mass is 10.2. The molecule has 0 spiro atoms. The highest BCUT2D eigenvalue weighted by Crippen LogP contribution is 2.22. The third kappa shape index (κ3) is 4.48. The molecule has 2 heterocycles. The van der Waals surface area contributed by atoms with Gasteiger partial charge in [-0.2, -0.15) is 0 Å². The van der Waals surface area contributed by atoms with Crippen molar-refractivity contribution >= 4 is 27.5 Å². The van der Waals surface area contributed by atoms with E-state index in [0.29, 0.717) is 0 Å². The molecule has 1 aromatic carbocycles. The summed E-state index contributed by atoms with van der Waals surface area (Å²) in [4.78, 5) is 21.6. The van der Waals surface area contributed by atoms with E-state index >= 15 is 0 Å². The van der Waals surface area contributed by atoms with Crippen LogP contribution in [-0.2, 0) is 18.4 Å². The predicted molar refractivity (Wildman–Crippen MR) is 102 cm³/mol. The summed E-state index contributed by atoms with van der Waals surface area (Å²) in [6.07, 6.45) is 3.80. The van der Waals surface area contributed by atoms with E-state index in [1.165, 1.54) is 0 Å². The van der Waals surface area contributed by atoms with Gasteiger partial charge in [-0.3, -0.25) is 14.6 Å². The van der Waals surface area contributed by atoms with E-state index in [9.17, 15) is 4.79 Å². The van der Waals surface area contributed by atoms with Crippen LogP contribution >= 0.6 is 15.9 Å². The number of aromatic nitrogens is 2. The highest BCUT2D eigenvalue weighted by Gasteiger charge is 2.26. The fourth-order valence-corrected chi connectivity index (χ4v) is 3.41. The van der Waals surface area contributed by atoms with Crippen molar-refractivity contribution in [1.82, 2.24) is 19.4 Å². The first-order valence-electron chi connectivity index (χ1n) is 8.52. The Balaban J connectivity index is 1.51. The fraction of sp³-hybridized carbons (Fsp3) is 0.444. The van der Waals surface area contributed by atoms with Crippen LogP contribution < -0.4 is 5.32 Å². The lowest BCUT2D eigenvalue weighted by Gasteiger charge is -2.37. The number of hydrogen-bond donors (Lipinski definition) is 1. The number of rotatable bonds is 5. The van der Waals surface area contributed by atoms with Crippen molar-refractivity contribution in [3.63, 3.8) is 0 Å². The fourth-order valence-electron chi connectivity index (χ4n) is 3.02. The second-order valence-corrected chi connectivity index (χ2v) is 7.27. The molecule has 0 aliphatic carbocycles. The number of benzene rings is 1. The molecule has 1 aliphatic heterocycles. The van der Waals surface area contributed by atoms with Gasteiger partial charge in [-0.15, -0.1) is 0 Å². The first kappa shape index (κ1) is 18.1. The number of aryl methyl sites for hydroxylation is 1. The Morgan fingerprint density at radius 1 is 1.28 bits per heavy atom. The maximum absolute atomic E-state index is 12.5. The number of nitrogens with zero attached hydrogens (tertiary/aromatic N) is 4. The maximum Gasteiger partial charge on any atom is 0.241 e. The van der Waals surface area contributed by atoms with Gasteiger partial charge < -0.3 is 9.88 Å². The maximum atomic E-state index is 12.5. The molecule has 1 N–H and O–H groups in total. The Labute approximate surface area is 157 Å². The molecule has 1 amide bonds. The van der Waals surface area contributed by atoms with Crippen LogP contribution in [0.2, 0.25) is 0 Å². The Morgan fingerprint density at radius 2 is 2.00 bits per heavy atom. The topological polar surface area (TPSA) is 53.4 Å². The van der Waals surface area contributed by atoms with Gasteiger partial charge in [0.2, 0.25) is 5.91 Å². The van der Waals surface area contributed by atoms with Crippen molar-refractivity contribution in [3.05, 3.63) is 47.0 Å². The number of carbonyl (C=O) groups excluding carboxylic acids is 1.